The van der Waals surface area contributed by atoms with Gasteiger partial charge in [-0.25, -0.2) is 0 Å². The van der Waals surface area contributed by atoms with Crippen molar-refractivity contribution in [1.82, 2.24) is 10.3 Å². The van der Waals surface area contributed by atoms with Gasteiger partial charge in [0.15, 0.2) is 5.17 Å². The van der Waals surface area contributed by atoms with E-state index < -0.39 is 0 Å². The summed E-state index contributed by atoms with van der Waals surface area (Å²) in [5.41, 5.74) is 2.54. The molecule has 0 spiro atoms. The third-order valence-corrected chi connectivity index (χ3v) is 5.09. The number of nitrogens with zero attached hydrogens (tertiary/aromatic N) is 3. The van der Waals surface area contributed by atoms with Crippen LogP contribution >= 0.6 is 11.8 Å². The van der Waals surface area contributed by atoms with Gasteiger partial charge in [0.1, 0.15) is 23.6 Å². The Labute approximate surface area is 171 Å². The molecule has 0 radical (unpaired) electrons. The van der Waals surface area contributed by atoms with E-state index in [2.05, 4.69) is 20.5 Å². The second-order valence-corrected chi connectivity index (χ2v) is 7.14. The third kappa shape index (κ3) is 4.55. The highest BCUT2D eigenvalue weighted by atomic mass is 32.2. The first-order valence-corrected chi connectivity index (χ1v) is 9.88. The van der Waals surface area contributed by atoms with E-state index in [1.165, 1.54) is 11.8 Å². The van der Waals surface area contributed by atoms with Gasteiger partial charge in [0.05, 0.1) is 19.1 Å². The van der Waals surface area contributed by atoms with E-state index in [4.69, 9.17) is 9.47 Å². The fourth-order valence-electron chi connectivity index (χ4n) is 2.87. The van der Waals surface area contributed by atoms with E-state index in [-0.39, 0.29) is 5.91 Å². The predicted octanol–water partition coefficient (Wildman–Crippen LogP) is 3.38. The van der Waals surface area contributed by atoms with Crippen molar-refractivity contribution in [3.8, 4) is 11.5 Å². The monoisotopic (exact) mass is 406 g/mol. The highest BCUT2D eigenvalue weighted by molar-refractivity contribution is 8.15. The Kier molecular flexibility index (Phi) is 5.71. The number of para-hydroxylation sites is 1. The van der Waals surface area contributed by atoms with E-state index >= 15 is 0 Å². The second kappa shape index (κ2) is 8.74. The molecule has 8 heteroatoms. The summed E-state index contributed by atoms with van der Waals surface area (Å²) < 4.78 is 11.5. The third-order valence-electron chi connectivity index (χ3n) is 4.23. The zero-order valence-corrected chi connectivity index (χ0v) is 16.5. The van der Waals surface area contributed by atoms with E-state index in [9.17, 15) is 4.79 Å². The summed E-state index contributed by atoms with van der Waals surface area (Å²) in [6.45, 7) is 0.320. The molecule has 0 atom stereocenters. The van der Waals surface area contributed by atoms with Crippen molar-refractivity contribution >= 4 is 40.0 Å². The Morgan fingerprint density at radius 1 is 1.21 bits per heavy atom. The van der Waals surface area contributed by atoms with Crippen LogP contribution in [0.15, 0.2) is 64.9 Å². The number of thioether (sulfide) groups is 1. The van der Waals surface area contributed by atoms with Gasteiger partial charge in [0.25, 0.3) is 0 Å². The first-order valence-electron chi connectivity index (χ1n) is 8.90. The highest BCUT2D eigenvalue weighted by Gasteiger charge is 2.16. The Hall–Kier alpha value is -3.39. The van der Waals surface area contributed by atoms with Crippen molar-refractivity contribution in [1.29, 1.82) is 0 Å². The number of amides is 1. The molecule has 0 bridgehead atoms. The molecule has 1 saturated heterocycles. The minimum Gasteiger partial charge on any atom is -0.496 e. The summed E-state index contributed by atoms with van der Waals surface area (Å²) in [6.07, 6.45) is 3.37. The average molecular weight is 406 g/mol. The Balaban J connectivity index is 1.52. The van der Waals surface area contributed by atoms with Gasteiger partial charge < -0.3 is 14.8 Å². The molecule has 1 aliphatic rings. The molecule has 1 amide bonds. The number of amidine groups is 1. The molecule has 1 fully saturated rings. The van der Waals surface area contributed by atoms with Gasteiger partial charge in [-0.2, -0.15) is 5.10 Å². The summed E-state index contributed by atoms with van der Waals surface area (Å²) in [5, 5.41) is 12.2. The van der Waals surface area contributed by atoms with Crippen LogP contribution in [-0.4, -0.2) is 35.1 Å². The number of fused-ring (bicyclic) bond motifs is 1. The van der Waals surface area contributed by atoms with Crippen molar-refractivity contribution in [3.05, 3.63) is 65.9 Å². The number of ether oxygens (including phenoxy) is 2. The van der Waals surface area contributed by atoms with Crippen LogP contribution in [0.3, 0.4) is 0 Å². The Morgan fingerprint density at radius 2 is 2.10 bits per heavy atom. The van der Waals surface area contributed by atoms with Gasteiger partial charge in [-0.15, -0.1) is 5.10 Å². The van der Waals surface area contributed by atoms with Crippen LogP contribution in [0.4, 0.5) is 0 Å². The minimum atomic E-state index is -0.0595. The van der Waals surface area contributed by atoms with Crippen LogP contribution in [0.5, 0.6) is 11.5 Å². The number of hydrogen-bond donors (Lipinski definition) is 1. The lowest BCUT2D eigenvalue weighted by Gasteiger charge is -2.12. The second-order valence-electron chi connectivity index (χ2n) is 6.18. The smallest absolute Gasteiger partial charge is 0.236 e. The summed E-state index contributed by atoms with van der Waals surface area (Å²) in [5.74, 6) is 1.75. The molecule has 29 heavy (non-hydrogen) atoms. The van der Waals surface area contributed by atoms with Crippen LogP contribution in [-0.2, 0) is 11.4 Å². The molecule has 2 heterocycles. The van der Waals surface area contributed by atoms with Gasteiger partial charge in [0, 0.05) is 17.1 Å². The maximum Gasteiger partial charge on any atom is 0.236 e. The van der Waals surface area contributed by atoms with Crippen LogP contribution in [0.2, 0.25) is 0 Å². The molecule has 0 saturated carbocycles. The van der Waals surface area contributed by atoms with Crippen molar-refractivity contribution in [3.63, 3.8) is 0 Å². The Morgan fingerprint density at radius 3 is 2.93 bits per heavy atom. The molecule has 1 N–H and O–H groups in total. The fraction of sp³-hybridized carbons (Fsp3) is 0.143. The average Bonchev–Trinajstić information content (AvgIpc) is 3.17. The molecule has 7 nitrogen and oxygen atoms in total. The molecule has 4 rings (SSSR count). The first-order chi connectivity index (χ1) is 14.2. The number of nitrogens with one attached hydrogen (secondary N) is 1. The fourth-order valence-corrected chi connectivity index (χ4v) is 3.50. The topological polar surface area (TPSA) is 85.2 Å². The van der Waals surface area contributed by atoms with Gasteiger partial charge in [-0.05, 0) is 35.9 Å². The van der Waals surface area contributed by atoms with E-state index in [0.29, 0.717) is 23.3 Å². The molecule has 1 aromatic heterocycles. The molecule has 146 valence electrons. The van der Waals surface area contributed by atoms with Crippen molar-refractivity contribution in [2.24, 2.45) is 10.2 Å². The lowest BCUT2D eigenvalue weighted by Crippen LogP contribution is -2.19. The zero-order valence-electron chi connectivity index (χ0n) is 15.7. The molecular formula is C21H18N4O3S. The summed E-state index contributed by atoms with van der Waals surface area (Å²) >= 11 is 1.33. The molecule has 3 aromatic rings. The molecule has 0 aliphatic carbocycles. The maximum absolute atomic E-state index is 11.2. The minimum absolute atomic E-state index is 0.0595. The molecule has 2 aromatic carbocycles. The number of aromatic nitrogens is 1. The maximum atomic E-state index is 11.2. The van der Waals surface area contributed by atoms with Crippen LogP contribution in [0.25, 0.3) is 10.9 Å². The number of carbonyl (C=O) groups excluding carboxylic acids is 1. The summed E-state index contributed by atoms with van der Waals surface area (Å²) in [7, 11) is 1.62. The number of hydrogen-bond acceptors (Lipinski definition) is 7. The van der Waals surface area contributed by atoms with Gasteiger partial charge in [-0.1, -0.05) is 30.0 Å². The van der Waals surface area contributed by atoms with Gasteiger partial charge >= 0.3 is 0 Å². The normalized spacial score (nSPS) is 15.2. The number of carbonyl (C=O) groups is 1. The number of rotatable bonds is 6. The molecule has 1 aliphatic heterocycles. The predicted molar refractivity (Wildman–Crippen MR) is 115 cm³/mol. The zero-order chi connectivity index (χ0) is 20.1. The largest absolute Gasteiger partial charge is 0.496 e. The number of benzene rings is 2. The van der Waals surface area contributed by atoms with Crippen LogP contribution in [0.1, 0.15) is 11.1 Å². The molecular weight excluding hydrogens is 388 g/mol. The summed E-state index contributed by atoms with van der Waals surface area (Å²) in [6, 6.07) is 15.4. The van der Waals surface area contributed by atoms with Crippen molar-refractivity contribution in [2.75, 3.05) is 12.9 Å². The highest BCUT2D eigenvalue weighted by Crippen LogP contribution is 2.26. The molecule has 0 unspecified atom stereocenters. The van der Waals surface area contributed by atoms with E-state index in [1.54, 1.807) is 19.5 Å². The van der Waals surface area contributed by atoms with E-state index in [1.807, 2.05) is 48.5 Å². The van der Waals surface area contributed by atoms with Crippen LogP contribution in [0, 0.1) is 0 Å². The lowest BCUT2D eigenvalue weighted by atomic mass is 10.1. The quantitative estimate of drug-likeness (QED) is 0.501. The standard InChI is InChI=1S/C21H18N4O3S/c1-27-17-8-7-14(11-23-25-21-24-19(26)13-29-21)10-16(17)12-28-18-6-2-4-15-5-3-9-22-20(15)18/h2-11H,12-13H2,1H3,(H,24,25,26). The van der Waals surface area contributed by atoms with Crippen molar-refractivity contribution in [2.45, 2.75) is 6.61 Å². The first kappa shape index (κ1) is 18.9. The number of pyridine rings is 1. The SMILES string of the molecule is COc1ccc(C=NN=C2NC(=O)CS2)cc1COc1cccc2cccnc12. The lowest BCUT2D eigenvalue weighted by molar-refractivity contribution is -0.116. The van der Waals surface area contributed by atoms with Gasteiger partial charge in [0.2, 0.25) is 5.91 Å². The van der Waals surface area contributed by atoms with Gasteiger partial charge in [-0.3, -0.25) is 9.78 Å². The summed E-state index contributed by atoms with van der Waals surface area (Å²) in [4.78, 5) is 15.6. The number of methoxy groups -OCH3 is 1. The Bertz CT molecular complexity index is 1110. The van der Waals surface area contributed by atoms with Crippen molar-refractivity contribution < 1.29 is 14.3 Å². The van der Waals surface area contributed by atoms with Crippen LogP contribution < -0.4 is 14.8 Å². The van der Waals surface area contributed by atoms with E-state index in [0.717, 1.165) is 27.8 Å².